The molecular weight excluding hydrogens is 190 g/mol. The van der Waals surface area contributed by atoms with Crippen LogP contribution >= 0.6 is 0 Å². The number of aromatic hydroxyl groups is 1. The first-order valence-electron chi connectivity index (χ1n) is 4.96. The highest BCUT2D eigenvalue weighted by Gasteiger charge is 2.10. The van der Waals surface area contributed by atoms with Crippen molar-refractivity contribution >= 4 is 0 Å². The lowest BCUT2D eigenvalue weighted by Crippen LogP contribution is -1.81. The Morgan fingerprint density at radius 2 is 2.20 bits per heavy atom. The van der Waals surface area contributed by atoms with Crippen LogP contribution in [0.1, 0.15) is 18.6 Å². The largest absolute Gasteiger partial charge is 0.508 e. The predicted octanol–water partition coefficient (Wildman–Crippen LogP) is 2.92. The van der Waals surface area contributed by atoms with Gasteiger partial charge in [-0.1, -0.05) is 19.1 Å². The van der Waals surface area contributed by atoms with Crippen LogP contribution in [0.4, 0.5) is 0 Å². The van der Waals surface area contributed by atoms with Crippen molar-refractivity contribution in [2.45, 2.75) is 20.3 Å². The maximum Gasteiger partial charge on any atom is 0.194 e. The van der Waals surface area contributed by atoms with Crippen LogP contribution in [0, 0.1) is 6.92 Å². The van der Waals surface area contributed by atoms with Gasteiger partial charge in [-0.05, 0) is 19.1 Å². The van der Waals surface area contributed by atoms with Crippen molar-refractivity contribution in [1.82, 2.24) is 4.98 Å². The van der Waals surface area contributed by atoms with E-state index < -0.39 is 0 Å². The molecule has 0 spiro atoms. The van der Waals surface area contributed by atoms with Gasteiger partial charge in [0.1, 0.15) is 17.2 Å². The number of phenols is 1. The molecule has 1 heterocycles. The molecule has 0 bridgehead atoms. The van der Waals surface area contributed by atoms with E-state index in [1.54, 1.807) is 18.2 Å². The van der Waals surface area contributed by atoms with E-state index in [1.165, 1.54) is 0 Å². The lowest BCUT2D eigenvalue weighted by Gasteiger charge is -1.97. The molecule has 2 aromatic rings. The number of phenolic OH excluding ortho intramolecular Hbond substituents is 1. The van der Waals surface area contributed by atoms with Gasteiger partial charge in [0, 0.05) is 12.0 Å². The number of nitrogens with zero attached hydrogens (tertiary/aromatic N) is 1. The highest BCUT2D eigenvalue weighted by Crippen LogP contribution is 2.26. The molecule has 0 saturated heterocycles. The van der Waals surface area contributed by atoms with E-state index in [9.17, 15) is 5.11 Å². The molecule has 0 amide bonds. The molecule has 3 nitrogen and oxygen atoms in total. The fraction of sp³-hybridized carbons (Fsp3) is 0.250. The molecule has 3 heteroatoms. The van der Waals surface area contributed by atoms with Gasteiger partial charge in [0.15, 0.2) is 5.89 Å². The average molecular weight is 203 g/mol. The first-order chi connectivity index (χ1) is 7.20. The monoisotopic (exact) mass is 203 g/mol. The number of rotatable bonds is 2. The Bertz CT molecular complexity index is 474. The quantitative estimate of drug-likeness (QED) is 0.816. The molecule has 2 rings (SSSR count). The van der Waals surface area contributed by atoms with E-state index in [-0.39, 0.29) is 5.75 Å². The minimum atomic E-state index is 0.243. The lowest BCUT2D eigenvalue weighted by atomic mass is 10.1. The van der Waals surface area contributed by atoms with Gasteiger partial charge < -0.3 is 9.52 Å². The van der Waals surface area contributed by atoms with Crippen LogP contribution < -0.4 is 0 Å². The second kappa shape index (κ2) is 3.77. The molecule has 1 aromatic heterocycles. The van der Waals surface area contributed by atoms with Crippen LogP contribution in [0.3, 0.4) is 0 Å². The molecule has 0 atom stereocenters. The van der Waals surface area contributed by atoms with Crippen molar-refractivity contribution in [3.63, 3.8) is 0 Å². The van der Waals surface area contributed by atoms with Gasteiger partial charge in [-0.2, -0.15) is 0 Å². The zero-order valence-corrected chi connectivity index (χ0v) is 8.82. The van der Waals surface area contributed by atoms with Crippen LogP contribution in [0.25, 0.3) is 11.3 Å². The fourth-order valence-electron chi connectivity index (χ4n) is 1.52. The third kappa shape index (κ3) is 1.86. The van der Waals surface area contributed by atoms with Crippen molar-refractivity contribution in [3.05, 3.63) is 35.9 Å². The van der Waals surface area contributed by atoms with E-state index >= 15 is 0 Å². The summed E-state index contributed by atoms with van der Waals surface area (Å²) >= 11 is 0. The first kappa shape index (κ1) is 9.77. The van der Waals surface area contributed by atoms with Gasteiger partial charge in [0.2, 0.25) is 0 Å². The van der Waals surface area contributed by atoms with Gasteiger partial charge in [-0.25, -0.2) is 4.98 Å². The van der Waals surface area contributed by atoms with Crippen molar-refractivity contribution < 1.29 is 9.52 Å². The highest BCUT2D eigenvalue weighted by molar-refractivity contribution is 5.62. The van der Waals surface area contributed by atoms with Gasteiger partial charge in [-0.3, -0.25) is 0 Å². The molecule has 1 aromatic carbocycles. The smallest absolute Gasteiger partial charge is 0.194 e. The molecule has 0 aliphatic heterocycles. The van der Waals surface area contributed by atoms with Gasteiger partial charge in [0.05, 0.1) is 0 Å². The maximum atomic E-state index is 9.37. The summed E-state index contributed by atoms with van der Waals surface area (Å²) in [6, 6.07) is 7.03. The molecule has 0 saturated carbocycles. The molecule has 0 aliphatic carbocycles. The molecule has 0 fully saturated rings. The summed E-state index contributed by atoms with van der Waals surface area (Å²) in [7, 11) is 0. The number of hydrogen-bond donors (Lipinski definition) is 1. The Morgan fingerprint density at radius 1 is 1.40 bits per heavy atom. The third-order valence-corrected chi connectivity index (χ3v) is 2.26. The molecule has 0 aliphatic rings. The SMILES string of the molecule is CCc1nc(-c2cccc(O)c2)c(C)o1. The standard InChI is InChI=1S/C12H13NO2/c1-3-11-13-12(8(2)15-11)9-5-4-6-10(14)7-9/h4-7,14H,3H2,1-2H3. The number of aromatic nitrogens is 1. The van der Waals surface area contributed by atoms with Crippen molar-refractivity contribution in [1.29, 1.82) is 0 Å². The number of hydrogen-bond acceptors (Lipinski definition) is 3. The summed E-state index contributed by atoms with van der Waals surface area (Å²) in [5.74, 6) is 1.76. The van der Waals surface area contributed by atoms with Gasteiger partial charge >= 0.3 is 0 Å². The summed E-state index contributed by atoms with van der Waals surface area (Å²) < 4.78 is 5.47. The van der Waals surface area contributed by atoms with Crippen molar-refractivity contribution in [3.8, 4) is 17.0 Å². The van der Waals surface area contributed by atoms with E-state index in [4.69, 9.17) is 4.42 Å². The number of benzene rings is 1. The van der Waals surface area contributed by atoms with E-state index in [0.29, 0.717) is 0 Å². The van der Waals surface area contributed by atoms with Gasteiger partial charge in [-0.15, -0.1) is 0 Å². The third-order valence-electron chi connectivity index (χ3n) is 2.26. The Labute approximate surface area is 88.4 Å². The van der Waals surface area contributed by atoms with Crippen LogP contribution in [0.15, 0.2) is 28.7 Å². The van der Waals surface area contributed by atoms with Crippen LogP contribution in [0.2, 0.25) is 0 Å². The maximum absolute atomic E-state index is 9.37. The summed E-state index contributed by atoms with van der Waals surface area (Å²) in [5, 5.41) is 9.37. The second-order valence-corrected chi connectivity index (χ2v) is 3.42. The normalized spacial score (nSPS) is 10.5. The fourth-order valence-corrected chi connectivity index (χ4v) is 1.52. The molecule has 15 heavy (non-hydrogen) atoms. The topological polar surface area (TPSA) is 46.3 Å². The lowest BCUT2D eigenvalue weighted by molar-refractivity contribution is 0.475. The van der Waals surface area contributed by atoms with E-state index in [1.807, 2.05) is 19.9 Å². The molecule has 0 radical (unpaired) electrons. The van der Waals surface area contributed by atoms with E-state index in [0.717, 1.165) is 29.3 Å². The Hall–Kier alpha value is -1.77. The zero-order chi connectivity index (χ0) is 10.8. The van der Waals surface area contributed by atoms with Crippen LogP contribution in [-0.4, -0.2) is 10.1 Å². The Morgan fingerprint density at radius 3 is 2.80 bits per heavy atom. The van der Waals surface area contributed by atoms with E-state index in [2.05, 4.69) is 4.98 Å². The molecule has 78 valence electrons. The average Bonchev–Trinajstić information content (AvgIpc) is 2.60. The van der Waals surface area contributed by atoms with Crippen LogP contribution in [-0.2, 0) is 6.42 Å². The summed E-state index contributed by atoms with van der Waals surface area (Å²) in [6.07, 6.45) is 0.777. The summed E-state index contributed by atoms with van der Waals surface area (Å²) in [5.41, 5.74) is 1.69. The molecule has 1 N–H and O–H groups in total. The Kier molecular flexibility index (Phi) is 2.46. The van der Waals surface area contributed by atoms with Gasteiger partial charge in [0.25, 0.3) is 0 Å². The van der Waals surface area contributed by atoms with Crippen molar-refractivity contribution in [2.75, 3.05) is 0 Å². The molecular formula is C12H13NO2. The predicted molar refractivity (Wildman–Crippen MR) is 57.7 cm³/mol. The molecule has 0 unspecified atom stereocenters. The van der Waals surface area contributed by atoms with Crippen molar-refractivity contribution in [2.24, 2.45) is 0 Å². The number of oxazole rings is 1. The van der Waals surface area contributed by atoms with Crippen LogP contribution in [0.5, 0.6) is 5.75 Å². The number of aryl methyl sites for hydroxylation is 2. The minimum absolute atomic E-state index is 0.243. The minimum Gasteiger partial charge on any atom is -0.508 e. The second-order valence-electron chi connectivity index (χ2n) is 3.42. The zero-order valence-electron chi connectivity index (χ0n) is 8.82. The summed E-state index contributed by atoms with van der Waals surface area (Å²) in [6.45, 7) is 3.88. The highest BCUT2D eigenvalue weighted by atomic mass is 16.4. The summed E-state index contributed by atoms with van der Waals surface area (Å²) in [4.78, 5) is 4.36. The Balaban J connectivity index is 2.48. The first-order valence-corrected chi connectivity index (χ1v) is 4.96.